The highest BCUT2D eigenvalue weighted by Gasteiger charge is 2.51. The molecular formula is C30H27NO4. The second-order valence-electron chi connectivity index (χ2n) is 9.12. The number of benzene rings is 3. The number of carboxylic acids is 1. The first-order valence-corrected chi connectivity index (χ1v) is 11.8. The topological polar surface area (TPSA) is 75.6 Å². The predicted octanol–water partition coefficient (Wildman–Crippen LogP) is 6.63. The molecule has 3 aromatic rings. The number of alkyl carbamates (subject to hydrolysis) is 1. The summed E-state index contributed by atoms with van der Waals surface area (Å²) in [5.74, 6) is -0.740. The Bertz CT molecular complexity index is 1300. The Morgan fingerprint density at radius 2 is 1.49 bits per heavy atom. The van der Waals surface area contributed by atoms with Crippen molar-refractivity contribution in [3.8, 4) is 11.1 Å². The van der Waals surface area contributed by atoms with Gasteiger partial charge in [-0.15, -0.1) is 0 Å². The van der Waals surface area contributed by atoms with Crippen molar-refractivity contribution in [3.63, 3.8) is 0 Å². The first-order chi connectivity index (χ1) is 17.0. The van der Waals surface area contributed by atoms with E-state index in [0.717, 1.165) is 39.1 Å². The van der Waals surface area contributed by atoms with Gasteiger partial charge in [0.05, 0.1) is 5.41 Å². The van der Waals surface area contributed by atoms with Gasteiger partial charge in [0, 0.05) is 17.7 Å². The molecule has 5 heteroatoms. The molecule has 5 rings (SSSR count). The largest absolute Gasteiger partial charge is 0.481 e. The van der Waals surface area contributed by atoms with Crippen LogP contribution in [-0.2, 0) is 14.9 Å². The van der Waals surface area contributed by atoms with E-state index in [1.165, 1.54) is 0 Å². The summed E-state index contributed by atoms with van der Waals surface area (Å²) in [5.41, 5.74) is 6.00. The molecule has 1 atom stereocenters. The standard InChI is InChI=1S/C30H27NO4/c1-20(21-6-3-2-4-7-21)35-29(34)31-27-9-5-8-26(27)24-12-10-22(11-13-24)23-14-16-25(17-15-23)30(18-19-30)28(32)33/h2-8,10-17,20H,9,18-19H2,1H3,(H,31,34)(H,32,33)/t20-/m1/s1. The monoisotopic (exact) mass is 465 g/mol. The summed E-state index contributed by atoms with van der Waals surface area (Å²) in [5, 5.41) is 12.4. The fraction of sp³-hybridized carbons (Fsp3) is 0.200. The van der Waals surface area contributed by atoms with Crippen LogP contribution in [0, 0.1) is 0 Å². The van der Waals surface area contributed by atoms with Crippen molar-refractivity contribution in [1.29, 1.82) is 0 Å². The first kappa shape index (κ1) is 22.7. The molecule has 0 heterocycles. The third kappa shape index (κ3) is 4.62. The Morgan fingerprint density at radius 3 is 2.09 bits per heavy atom. The molecule has 2 aliphatic carbocycles. The molecule has 0 aliphatic heterocycles. The number of hydrogen-bond donors (Lipinski definition) is 2. The van der Waals surface area contributed by atoms with Crippen LogP contribution >= 0.6 is 0 Å². The highest BCUT2D eigenvalue weighted by Crippen LogP contribution is 2.48. The van der Waals surface area contributed by atoms with Crippen LogP contribution in [0.5, 0.6) is 0 Å². The third-order valence-electron chi connectivity index (χ3n) is 6.86. The molecule has 0 bridgehead atoms. The molecule has 2 aliphatic rings. The molecule has 0 saturated heterocycles. The van der Waals surface area contributed by atoms with Gasteiger partial charge in [-0.25, -0.2) is 4.79 Å². The normalized spacial score (nSPS) is 16.6. The van der Waals surface area contributed by atoms with Crippen molar-refractivity contribution in [2.75, 3.05) is 0 Å². The van der Waals surface area contributed by atoms with Crippen LogP contribution in [0.1, 0.15) is 49.0 Å². The predicted molar refractivity (Wildman–Crippen MR) is 136 cm³/mol. The minimum Gasteiger partial charge on any atom is -0.481 e. The van der Waals surface area contributed by atoms with Gasteiger partial charge in [-0.1, -0.05) is 91.0 Å². The molecule has 2 N–H and O–H groups in total. The van der Waals surface area contributed by atoms with Crippen molar-refractivity contribution in [3.05, 3.63) is 113 Å². The summed E-state index contributed by atoms with van der Waals surface area (Å²) in [6, 6.07) is 25.6. The van der Waals surface area contributed by atoms with E-state index in [2.05, 4.69) is 5.32 Å². The van der Waals surface area contributed by atoms with E-state index in [-0.39, 0.29) is 6.10 Å². The zero-order valence-electron chi connectivity index (χ0n) is 19.5. The van der Waals surface area contributed by atoms with Crippen LogP contribution in [0.15, 0.2) is 96.7 Å². The minimum atomic E-state index is -0.740. The first-order valence-electron chi connectivity index (χ1n) is 11.8. The van der Waals surface area contributed by atoms with E-state index in [1.807, 2.05) is 97.9 Å². The molecule has 35 heavy (non-hydrogen) atoms. The van der Waals surface area contributed by atoms with Gasteiger partial charge in [-0.05, 0) is 47.6 Å². The van der Waals surface area contributed by atoms with Gasteiger partial charge in [0.1, 0.15) is 6.10 Å². The number of carboxylic acid groups (broad SMARTS) is 1. The van der Waals surface area contributed by atoms with E-state index < -0.39 is 17.5 Å². The number of allylic oxidation sites excluding steroid dienone is 3. The number of carbonyl (C=O) groups excluding carboxylic acids is 1. The quantitative estimate of drug-likeness (QED) is 0.411. The summed E-state index contributed by atoms with van der Waals surface area (Å²) in [4.78, 5) is 24.1. The maximum Gasteiger partial charge on any atom is 0.411 e. The van der Waals surface area contributed by atoms with Gasteiger partial charge < -0.3 is 9.84 Å². The lowest BCUT2D eigenvalue weighted by Gasteiger charge is -2.16. The van der Waals surface area contributed by atoms with Gasteiger partial charge >= 0.3 is 12.1 Å². The number of nitrogens with one attached hydrogen (secondary N) is 1. The lowest BCUT2D eigenvalue weighted by Crippen LogP contribution is -2.25. The van der Waals surface area contributed by atoms with Crippen molar-refractivity contribution in [2.24, 2.45) is 0 Å². The molecule has 0 radical (unpaired) electrons. The Kier molecular flexibility index (Phi) is 6.00. The smallest absolute Gasteiger partial charge is 0.411 e. The van der Waals surface area contributed by atoms with Crippen LogP contribution < -0.4 is 5.32 Å². The number of amides is 1. The van der Waals surface area contributed by atoms with Crippen LogP contribution in [-0.4, -0.2) is 17.2 Å². The Balaban J connectivity index is 1.27. The maximum atomic E-state index is 12.5. The summed E-state index contributed by atoms with van der Waals surface area (Å²) in [6.07, 6.45) is 5.27. The highest BCUT2D eigenvalue weighted by atomic mass is 16.6. The summed E-state index contributed by atoms with van der Waals surface area (Å²) in [6.45, 7) is 1.86. The average molecular weight is 466 g/mol. The lowest BCUT2D eigenvalue weighted by molar-refractivity contribution is -0.140. The average Bonchev–Trinajstić information content (AvgIpc) is 3.58. The van der Waals surface area contributed by atoms with Crippen LogP contribution in [0.25, 0.3) is 16.7 Å². The lowest BCUT2D eigenvalue weighted by atomic mass is 9.93. The second-order valence-corrected chi connectivity index (χ2v) is 9.12. The Morgan fingerprint density at radius 1 is 0.886 bits per heavy atom. The van der Waals surface area contributed by atoms with E-state index in [1.54, 1.807) is 0 Å². The van der Waals surface area contributed by atoms with E-state index >= 15 is 0 Å². The van der Waals surface area contributed by atoms with Crippen molar-refractivity contribution in [1.82, 2.24) is 5.32 Å². The van der Waals surface area contributed by atoms with E-state index in [0.29, 0.717) is 19.3 Å². The molecule has 0 aromatic heterocycles. The molecule has 5 nitrogen and oxygen atoms in total. The van der Waals surface area contributed by atoms with Gasteiger partial charge in [0.15, 0.2) is 0 Å². The summed E-state index contributed by atoms with van der Waals surface area (Å²) >= 11 is 0. The number of hydrogen-bond acceptors (Lipinski definition) is 3. The molecule has 3 aromatic carbocycles. The molecule has 1 saturated carbocycles. The Hall–Kier alpha value is -4.12. The summed E-state index contributed by atoms with van der Waals surface area (Å²) < 4.78 is 5.56. The maximum absolute atomic E-state index is 12.5. The zero-order chi connectivity index (χ0) is 24.4. The molecule has 0 spiro atoms. The minimum absolute atomic E-state index is 0.342. The van der Waals surface area contributed by atoms with Gasteiger partial charge in [0.25, 0.3) is 0 Å². The van der Waals surface area contributed by atoms with Crippen LogP contribution in [0.4, 0.5) is 4.79 Å². The van der Waals surface area contributed by atoms with E-state index in [4.69, 9.17) is 4.74 Å². The number of rotatable bonds is 7. The molecule has 0 unspecified atom stereocenters. The molecule has 1 fully saturated rings. The fourth-order valence-corrected chi connectivity index (χ4v) is 4.57. The van der Waals surface area contributed by atoms with Crippen LogP contribution in [0.3, 0.4) is 0 Å². The SMILES string of the molecule is C[C@@H](OC(=O)NC1=C(c2ccc(-c3ccc(C4(C(=O)O)CC4)cc3)cc2)C=CC1)c1ccccc1. The van der Waals surface area contributed by atoms with Crippen LogP contribution in [0.2, 0.25) is 0 Å². The van der Waals surface area contributed by atoms with E-state index in [9.17, 15) is 14.7 Å². The van der Waals surface area contributed by atoms with Crippen molar-refractivity contribution in [2.45, 2.75) is 37.7 Å². The molecular weight excluding hydrogens is 438 g/mol. The summed E-state index contributed by atoms with van der Waals surface area (Å²) in [7, 11) is 0. The molecule has 176 valence electrons. The van der Waals surface area contributed by atoms with Gasteiger partial charge in [-0.3, -0.25) is 10.1 Å². The fourth-order valence-electron chi connectivity index (χ4n) is 4.57. The van der Waals surface area contributed by atoms with Crippen molar-refractivity contribution < 1.29 is 19.4 Å². The van der Waals surface area contributed by atoms with Gasteiger partial charge in [0.2, 0.25) is 0 Å². The number of ether oxygens (including phenoxy) is 1. The number of aliphatic carboxylic acids is 1. The second kappa shape index (κ2) is 9.26. The number of carbonyl (C=O) groups is 2. The zero-order valence-corrected chi connectivity index (χ0v) is 19.5. The molecule has 1 amide bonds. The van der Waals surface area contributed by atoms with Gasteiger partial charge in [-0.2, -0.15) is 0 Å². The Labute approximate surface area is 204 Å². The highest BCUT2D eigenvalue weighted by molar-refractivity contribution is 5.86. The van der Waals surface area contributed by atoms with Crippen molar-refractivity contribution >= 4 is 17.6 Å². The third-order valence-corrected chi connectivity index (χ3v) is 6.86.